The van der Waals surface area contributed by atoms with E-state index in [0.717, 1.165) is 28.2 Å². The maximum Gasteiger partial charge on any atom is 0.400 e. The van der Waals surface area contributed by atoms with Crippen molar-refractivity contribution in [2.45, 2.75) is 38.1 Å². The second-order valence-corrected chi connectivity index (χ2v) is 10.3. The van der Waals surface area contributed by atoms with Gasteiger partial charge < -0.3 is 28.4 Å². The molecule has 0 saturated carbocycles. The average Bonchev–Trinajstić information content (AvgIpc) is 3.10. The summed E-state index contributed by atoms with van der Waals surface area (Å²) in [6, 6.07) is 22.1. The molecule has 0 N–H and O–H groups in total. The Morgan fingerprint density at radius 2 is 1.12 bits per heavy atom. The fourth-order valence-corrected chi connectivity index (χ4v) is 4.88. The normalized spacial score (nSPS) is 20.4. The lowest BCUT2D eigenvalue weighted by Crippen LogP contribution is -2.45. The summed E-state index contributed by atoms with van der Waals surface area (Å²) >= 11 is 0. The molecule has 0 aromatic heterocycles. The van der Waals surface area contributed by atoms with Gasteiger partial charge in [-0.25, -0.2) is 8.37 Å². The summed E-state index contributed by atoms with van der Waals surface area (Å²) in [6.45, 7) is 0.244. The largest absolute Gasteiger partial charge is 0.497 e. The van der Waals surface area contributed by atoms with Gasteiger partial charge in [-0.3, -0.25) is 0 Å². The van der Waals surface area contributed by atoms with Crippen molar-refractivity contribution in [2.24, 2.45) is 0 Å². The maximum atomic E-state index is 12.5. The molecule has 1 heterocycles. The molecule has 0 spiro atoms. The molecular weight excluding hydrogens is 540 g/mol. The minimum atomic E-state index is -4.31. The third-order valence-corrected chi connectivity index (χ3v) is 7.19. The van der Waals surface area contributed by atoms with E-state index in [0.29, 0.717) is 5.75 Å². The van der Waals surface area contributed by atoms with E-state index in [1.807, 2.05) is 72.8 Å². The van der Waals surface area contributed by atoms with Crippen LogP contribution in [0.15, 0.2) is 72.8 Å². The number of hydrogen-bond donors (Lipinski definition) is 0. The zero-order valence-electron chi connectivity index (χ0n) is 22.7. The van der Waals surface area contributed by atoms with Gasteiger partial charge in [-0.2, -0.15) is 8.42 Å². The molecule has 3 aromatic carbocycles. The Balaban J connectivity index is 1.49. The molecule has 0 amide bonds. The minimum absolute atomic E-state index is 0.0791. The lowest BCUT2D eigenvalue weighted by Gasteiger charge is -2.29. The van der Waals surface area contributed by atoms with Gasteiger partial charge in [0.2, 0.25) is 0 Å². The summed E-state index contributed by atoms with van der Waals surface area (Å²) in [4.78, 5) is 0. The molecule has 10 nitrogen and oxygen atoms in total. The Kier molecular flexibility index (Phi) is 10.8. The van der Waals surface area contributed by atoms with Gasteiger partial charge in [0.25, 0.3) is 0 Å². The van der Waals surface area contributed by atoms with Gasteiger partial charge in [0, 0.05) is 0 Å². The first kappa shape index (κ1) is 29.8. The summed E-state index contributed by atoms with van der Waals surface area (Å²) in [5.74, 6) is 2.16. The molecule has 216 valence electrons. The fourth-order valence-electron chi connectivity index (χ4n) is 4.05. The summed E-state index contributed by atoms with van der Waals surface area (Å²) in [5.41, 5.74) is 2.62. The number of ether oxygens (including phenoxy) is 6. The van der Waals surface area contributed by atoms with Gasteiger partial charge >= 0.3 is 10.4 Å². The molecule has 1 aliphatic rings. The highest BCUT2D eigenvalue weighted by Crippen LogP contribution is 2.25. The fraction of sp³-hybridized carbons (Fsp3) is 0.379. The predicted octanol–water partition coefficient (Wildman–Crippen LogP) is 4.06. The molecule has 11 heteroatoms. The van der Waals surface area contributed by atoms with Crippen LogP contribution in [0, 0.1) is 0 Å². The Bertz CT molecular complexity index is 1280. The molecule has 4 rings (SSSR count). The van der Waals surface area contributed by atoms with Crippen molar-refractivity contribution in [1.29, 1.82) is 0 Å². The molecule has 40 heavy (non-hydrogen) atoms. The van der Waals surface area contributed by atoms with E-state index in [1.165, 1.54) is 0 Å². The number of methoxy groups -OCH3 is 3. The lowest BCUT2D eigenvalue weighted by atomic mass is 10.1. The van der Waals surface area contributed by atoms with Crippen LogP contribution in [0.2, 0.25) is 0 Å². The van der Waals surface area contributed by atoms with E-state index in [2.05, 4.69) is 0 Å². The van der Waals surface area contributed by atoms with E-state index >= 15 is 0 Å². The lowest BCUT2D eigenvalue weighted by molar-refractivity contribution is -0.136. The molecule has 1 saturated heterocycles. The molecular formula is C29H34O10S. The van der Waals surface area contributed by atoms with Gasteiger partial charge in [-0.1, -0.05) is 36.4 Å². The monoisotopic (exact) mass is 574 g/mol. The molecule has 3 atom stereocenters. The summed E-state index contributed by atoms with van der Waals surface area (Å²) in [5, 5.41) is 0. The van der Waals surface area contributed by atoms with Gasteiger partial charge in [0.1, 0.15) is 35.6 Å². The zero-order valence-corrected chi connectivity index (χ0v) is 23.5. The molecule has 3 aromatic rings. The summed E-state index contributed by atoms with van der Waals surface area (Å²) < 4.78 is 69.4. The van der Waals surface area contributed by atoms with Crippen LogP contribution in [-0.4, -0.2) is 61.3 Å². The Morgan fingerprint density at radius 1 is 0.675 bits per heavy atom. The van der Waals surface area contributed by atoms with Crippen LogP contribution in [0.3, 0.4) is 0 Å². The maximum absolute atomic E-state index is 12.5. The van der Waals surface area contributed by atoms with Gasteiger partial charge in [-0.05, 0) is 53.1 Å². The van der Waals surface area contributed by atoms with Crippen LogP contribution >= 0.6 is 0 Å². The topological polar surface area (TPSA) is 108 Å². The van der Waals surface area contributed by atoms with Crippen molar-refractivity contribution >= 4 is 10.4 Å². The number of benzene rings is 3. The molecule has 1 aliphatic heterocycles. The van der Waals surface area contributed by atoms with Crippen molar-refractivity contribution in [3.05, 3.63) is 89.5 Å². The Hall–Kier alpha value is -3.19. The van der Waals surface area contributed by atoms with E-state index < -0.39 is 28.7 Å². The average molecular weight is 575 g/mol. The quantitative estimate of drug-likeness (QED) is 0.297. The van der Waals surface area contributed by atoms with Crippen LogP contribution in [-0.2, 0) is 52.8 Å². The van der Waals surface area contributed by atoms with E-state index in [4.69, 9.17) is 36.8 Å². The summed E-state index contributed by atoms with van der Waals surface area (Å²) in [6.07, 6.45) is -2.62. The van der Waals surface area contributed by atoms with E-state index in [1.54, 1.807) is 21.3 Å². The van der Waals surface area contributed by atoms with Gasteiger partial charge in [-0.15, -0.1) is 0 Å². The predicted molar refractivity (Wildman–Crippen MR) is 146 cm³/mol. The first-order chi connectivity index (χ1) is 19.4. The highest BCUT2D eigenvalue weighted by Gasteiger charge is 2.40. The smallest absolute Gasteiger partial charge is 0.400 e. The molecule has 0 bridgehead atoms. The van der Waals surface area contributed by atoms with Crippen LogP contribution in [0.5, 0.6) is 17.2 Å². The first-order valence-electron chi connectivity index (χ1n) is 12.7. The molecule has 0 unspecified atom stereocenters. The van der Waals surface area contributed by atoms with Crippen molar-refractivity contribution in [3.63, 3.8) is 0 Å². The minimum Gasteiger partial charge on any atom is -0.497 e. The van der Waals surface area contributed by atoms with Crippen LogP contribution in [0.25, 0.3) is 0 Å². The first-order valence-corrected chi connectivity index (χ1v) is 14.0. The van der Waals surface area contributed by atoms with Crippen molar-refractivity contribution in [3.8, 4) is 17.2 Å². The number of rotatable bonds is 13. The van der Waals surface area contributed by atoms with Crippen molar-refractivity contribution < 1.29 is 45.2 Å². The second kappa shape index (κ2) is 14.4. The number of hydrogen-bond acceptors (Lipinski definition) is 10. The van der Waals surface area contributed by atoms with Crippen LogP contribution in [0.4, 0.5) is 0 Å². The van der Waals surface area contributed by atoms with Gasteiger partial charge in [0.15, 0.2) is 0 Å². The molecule has 1 fully saturated rings. The zero-order chi connectivity index (χ0) is 28.4. The standard InChI is InChI=1S/C29H34O10S/c1-32-24-10-4-21(5-11-24)16-35-19-28-29(37-18-23-8-14-26(34-3)15-9-23)27(20-38-40(30,31)39-28)36-17-22-6-12-25(33-2)13-7-22/h4-15,27-29H,16-20H2,1-3H3/t27-,28+,29+/m0/s1. The van der Waals surface area contributed by atoms with E-state index in [-0.39, 0.29) is 33.0 Å². The van der Waals surface area contributed by atoms with Crippen molar-refractivity contribution in [1.82, 2.24) is 0 Å². The SMILES string of the molecule is COc1ccc(COC[C@H]2OS(=O)(=O)OC[C@H](OCc3ccc(OC)cc3)[C@H]2OCc2ccc(OC)cc2)cc1. The van der Waals surface area contributed by atoms with Crippen LogP contribution in [0.1, 0.15) is 16.7 Å². The van der Waals surface area contributed by atoms with Crippen molar-refractivity contribution in [2.75, 3.05) is 34.5 Å². The van der Waals surface area contributed by atoms with Gasteiger partial charge in [0.05, 0.1) is 54.4 Å². The third-order valence-electron chi connectivity index (χ3n) is 6.29. The highest BCUT2D eigenvalue weighted by atomic mass is 32.3. The second-order valence-electron chi connectivity index (χ2n) is 9.01. The highest BCUT2D eigenvalue weighted by molar-refractivity contribution is 7.81. The Labute approximate surface area is 235 Å². The van der Waals surface area contributed by atoms with Crippen LogP contribution < -0.4 is 14.2 Å². The molecule has 0 aliphatic carbocycles. The Morgan fingerprint density at radius 3 is 1.60 bits per heavy atom. The third kappa shape index (κ3) is 8.65. The molecule has 0 radical (unpaired) electrons. The summed E-state index contributed by atoms with van der Waals surface area (Å²) in [7, 11) is 0.469. The van der Waals surface area contributed by atoms with E-state index in [9.17, 15) is 8.42 Å².